The lowest BCUT2D eigenvalue weighted by Crippen LogP contribution is -2.20. The fourth-order valence-corrected chi connectivity index (χ4v) is 4.96. The standard InChI is InChI=1S/C17H24N4S/c1-20-8-4-13(11-20)12-21-16(14-5-9-22-10-6-14)19-15-3-2-7-18-17(15)21/h2-3,7,13-14H,4-6,8-12H2,1H3. The Balaban J connectivity index is 1.69. The molecule has 118 valence electrons. The minimum absolute atomic E-state index is 0.620. The second kappa shape index (κ2) is 6.20. The van der Waals surface area contributed by atoms with Gasteiger partial charge < -0.3 is 9.47 Å². The van der Waals surface area contributed by atoms with Crippen molar-refractivity contribution in [3.63, 3.8) is 0 Å². The number of thioether (sulfide) groups is 1. The summed E-state index contributed by atoms with van der Waals surface area (Å²) in [5.74, 6) is 5.19. The molecule has 2 aromatic heterocycles. The van der Waals surface area contributed by atoms with Crippen LogP contribution in [0.25, 0.3) is 11.2 Å². The monoisotopic (exact) mass is 316 g/mol. The third kappa shape index (κ3) is 2.76. The molecule has 1 atom stereocenters. The average Bonchev–Trinajstić information content (AvgIpc) is 3.13. The summed E-state index contributed by atoms with van der Waals surface area (Å²) in [6, 6.07) is 4.12. The zero-order chi connectivity index (χ0) is 14.9. The lowest BCUT2D eigenvalue weighted by Gasteiger charge is -2.23. The Bertz CT molecular complexity index is 647. The van der Waals surface area contributed by atoms with Crippen molar-refractivity contribution in [2.45, 2.75) is 31.7 Å². The van der Waals surface area contributed by atoms with Crippen molar-refractivity contribution in [2.75, 3.05) is 31.6 Å². The number of hydrogen-bond donors (Lipinski definition) is 0. The quantitative estimate of drug-likeness (QED) is 0.872. The number of nitrogens with zero attached hydrogens (tertiary/aromatic N) is 4. The van der Waals surface area contributed by atoms with Crippen molar-refractivity contribution in [3.8, 4) is 0 Å². The highest BCUT2D eigenvalue weighted by atomic mass is 32.2. The van der Waals surface area contributed by atoms with E-state index >= 15 is 0 Å². The van der Waals surface area contributed by atoms with Gasteiger partial charge in [-0.15, -0.1) is 0 Å². The van der Waals surface area contributed by atoms with Crippen LogP contribution in [0.4, 0.5) is 0 Å². The molecule has 0 amide bonds. The number of fused-ring (bicyclic) bond motifs is 1. The molecule has 5 heteroatoms. The van der Waals surface area contributed by atoms with Gasteiger partial charge in [-0.05, 0) is 62.4 Å². The van der Waals surface area contributed by atoms with Gasteiger partial charge in [0.15, 0.2) is 5.65 Å². The molecule has 2 fully saturated rings. The molecule has 2 aromatic rings. The normalized spacial score (nSPS) is 24.3. The fraction of sp³-hybridized carbons (Fsp3) is 0.647. The van der Waals surface area contributed by atoms with Gasteiger partial charge in [0, 0.05) is 25.2 Å². The number of imidazole rings is 1. The number of likely N-dealkylation sites (tertiary alicyclic amines) is 1. The number of hydrogen-bond acceptors (Lipinski definition) is 4. The zero-order valence-electron chi connectivity index (χ0n) is 13.2. The van der Waals surface area contributed by atoms with Crippen LogP contribution in [0, 0.1) is 5.92 Å². The Morgan fingerprint density at radius 3 is 2.91 bits per heavy atom. The van der Waals surface area contributed by atoms with Crippen molar-refractivity contribution < 1.29 is 0 Å². The van der Waals surface area contributed by atoms with E-state index in [2.05, 4.69) is 39.3 Å². The van der Waals surface area contributed by atoms with Gasteiger partial charge >= 0.3 is 0 Å². The molecule has 0 bridgehead atoms. The molecular weight excluding hydrogens is 292 g/mol. The van der Waals surface area contributed by atoms with Crippen LogP contribution in [0.5, 0.6) is 0 Å². The maximum atomic E-state index is 4.98. The molecule has 0 N–H and O–H groups in total. The van der Waals surface area contributed by atoms with Gasteiger partial charge in [-0.3, -0.25) is 0 Å². The first kappa shape index (κ1) is 14.5. The molecule has 4 rings (SSSR count). The molecular formula is C17H24N4S. The van der Waals surface area contributed by atoms with Crippen LogP contribution in [0.1, 0.15) is 31.0 Å². The van der Waals surface area contributed by atoms with E-state index in [1.54, 1.807) is 0 Å². The predicted molar refractivity (Wildman–Crippen MR) is 92.4 cm³/mol. The van der Waals surface area contributed by atoms with Gasteiger partial charge in [0.05, 0.1) is 0 Å². The molecule has 2 aliphatic rings. The summed E-state index contributed by atoms with van der Waals surface area (Å²) < 4.78 is 2.44. The highest BCUT2D eigenvalue weighted by molar-refractivity contribution is 7.99. The summed E-state index contributed by atoms with van der Waals surface area (Å²) in [5.41, 5.74) is 2.16. The van der Waals surface area contributed by atoms with E-state index in [0.717, 1.165) is 23.6 Å². The van der Waals surface area contributed by atoms with Crippen LogP contribution >= 0.6 is 11.8 Å². The number of pyridine rings is 1. The van der Waals surface area contributed by atoms with Gasteiger partial charge in [-0.2, -0.15) is 11.8 Å². The average molecular weight is 316 g/mol. The van der Waals surface area contributed by atoms with E-state index < -0.39 is 0 Å². The largest absolute Gasteiger partial charge is 0.312 e. The van der Waals surface area contributed by atoms with Crippen LogP contribution in [0.2, 0.25) is 0 Å². The van der Waals surface area contributed by atoms with Crippen LogP contribution < -0.4 is 0 Å². The van der Waals surface area contributed by atoms with E-state index in [-0.39, 0.29) is 0 Å². The molecule has 0 spiro atoms. The van der Waals surface area contributed by atoms with Crippen molar-refractivity contribution in [1.29, 1.82) is 0 Å². The summed E-state index contributed by atoms with van der Waals surface area (Å²) in [5, 5.41) is 0. The third-order valence-corrected chi connectivity index (χ3v) is 6.10. The Labute approximate surface area is 136 Å². The molecule has 2 aliphatic heterocycles. The highest BCUT2D eigenvalue weighted by Gasteiger charge is 2.26. The number of rotatable bonds is 3. The smallest absolute Gasteiger partial charge is 0.160 e. The van der Waals surface area contributed by atoms with Crippen LogP contribution in [0.15, 0.2) is 18.3 Å². The van der Waals surface area contributed by atoms with Crippen LogP contribution in [-0.2, 0) is 6.54 Å². The second-order valence-corrected chi connectivity index (χ2v) is 7.96. The van der Waals surface area contributed by atoms with Crippen LogP contribution in [-0.4, -0.2) is 51.1 Å². The van der Waals surface area contributed by atoms with Gasteiger partial charge in [0.1, 0.15) is 11.3 Å². The minimum atomic E-state index is 0.620. The van der Waals surface area contributed by atoms with E-state index in [1.165, 1.54) is 49.7 Å². The molecule has 0 saturated carbocycles. The SMILES string of the molecule is CN1CCC(Cn2c(C3CCSCC3)nc3cccnc32)C1. The van der Waals surface area contributed by atoms with Gasteiger partial charge in [0.2, 0.25) is 0 Å². The van der Waals surface area contributed by atoms with Gasteiger partial charge in [-0.1, -0.05) is 0 Å². The first-order chi connectivity index (χ1) is 10.8. The zero-order valence-corrected chi connectivity index (χ0v) is 14.1. The maximum Gasteiger partial charge on any atom is 0.160 e. The predicted octanol–water partition coefficient (Wildman–Crippen LogP) is 2.99. The molecule has 4 heterocycles. The highest BCUT2D eigenvalue weighted by Crippen LogP contribution is 2.33. The Morgan fingerprint density at radius 2 is 2.14 bits per heavy atom. The molecule has 22 heavy (non-hydrogen) atoms. The molecule has 0 radical (unpaired) electrons. The van der Waals surface area contributed by atoms with Crippen molar-refractivity contribution in [1.82, 2.24) is 19.4 Å². The molecule has 4 nitrogen and oxygen atoms in total. The lowest BCUT2D eigenvalue weighted by molar-refractivity contribution is 0.374. The second-order valence-electron chi connectivity index (χ2n) is 6.73. The van der Waals surface area contributed by atoms with Crippen molar-refractivity contribution in [2.24, 2.45) is 5.92 Å². The summed E-state index contributed by atoms with van der Waals surface area (Å²) in [7, 11) is 2.23. The Kier molecular flexibility index (Phi) is 4.09. The van der Waals surface area contributed by atoms with Crippen molar-refractivity contribution >= 4 is 22.9 Å². The van der Waals surface area contributed by atoms with Crippen LogP contribution in [0.3, 0.4) is 0 Å². The maximum absolute atomic E-state index is 4.98. The third-order valence-electron chi connectivity index (χ3n) is 5.05. The lowest BCUT2D eigenvalue weighted by atomic mass is 10.0. The number of aromatic nitrogens is 3. The van der Waals surface area contributed by atoms with Gasteiger partial charge in [0.25, 0.3) is 0 Å². The molecule has 1 unspecified atom stereocenters. The summed E-state index contributed by atoms with van der Waals surface area (Å²) in [6.45, 7) is 3.50. The first-order valence-electron chi connectivity index (χ1n) is 8.38. The molecule has 0 aromatic carbocycles. The van der Waals surface area contributed by atoms with E-state index in [1.807, 2.05) is 12.3 Å². The minimum Gasteiger partial charge on any atom is -0.312 e. The molecule has 0 aliphatic carbocycles. The van der Waals surface area contributed by atoms with E-state index in [0.29, 0.717) is 5.92 Å². The Morgan fingerprint density at radius 1 is 1.27 bits per heavy atom. The van der Waals surface area contributed by atoms with Crippen molar-refractivity contribution in [3.05, 3.63) is 24.2 Å². The first-order valence-corrected chi connectivity index (χ1v) is 9.54. The van der Waals surface area contributed by atoms with Gasteiger partial charge in [-0.25, -0.2) is 9.97 Å². The van der Waals surface area contributed by atoms with E-state index in [4.69, 9.17) is 4.98 Å². The summed E-state index contributed by atoms with van der Waals surface area (Å²) >= 11 is 2.08. The molecule has 2 saturated heterocycles. The topological polar surface area (TPSA) is 34.0 Å². The van der Waals surface area contributed by atoms with E-state index in [9.17, 15) is 0 Å². The Hall–Kier alpha value is -1.07. The fourth-order valence-electron chi connectivity index (χ4n) is 3.86. The summed E-state index contributed by atoms with van der Waals surface area (Å²) in [4.78, 5) is 12.1. The summed E-state index contributed by atoms with van der Waals surface area (Å²) in [6.07, 6.45) is 5.72.